The van der Waals surface area contributed by atoms with Crippen molar-refractivity contribution in [2.75, 3.05) is 13.6 Å². The molecule has 2 aliphatic carbocycles. The molecule has 1 heterocycles. The Bertz CT molecular complexity index is 512. The van der Waals surface area contributed by atoms with Crippen molar-refractivity contribution in [2.24, 2.45) is 5.92 Å². The van der Waals surface area contributed by atoms with Gasteiger partial charge in [-0.05, 0) is 63.2 Å². The molecule has 1 nitrogen and oxygen atoms in total. The minimum Gasteiger partial charge on any atom is -0.303 e. The van der Waals surface area contributed by atoms with Crippen LogP contribution in [0.5, 0.6) is 0 Å². The van der Waals surface area contributed by atoms with Crippen LogP contribution in [0.15, 0.2) is 18.2 Å². The average molecular weight is 336 g/mol. The molecule has 0 aromatic heterocycles. The average Bonchev–Trinajstić information content (AvgIpc) is 2.43. The predicted molar refractivity (Wildman–Crippen MR) is 89.9 cm³/mol. The lowest BCUT2D eigenvalue weighted by molar-refractivity contribution is 0.00283. The molecule has 2 fully saturated rings. The van der Waals surface area contributed by atoms with Crippen LogP contribution in [0, 0.1) is 12.8 Å². The van der Waals surface area contributed by atoms with Crippen LogP contribution in [0.3, 0.4) is 0 Å². The molecule has 1 aromatic carbocycles. The van der Waals surface area contributed by atoms with Gasteiger partial charge in [0, 0.05) is 11.5 Å². The fourth-order valence-corrected chi connectivity index (χ4v) is 5.31. The maximum Gasteiger partial charge on any atom is 0.0169 e. The van der Waals surface area contributed by atoms with E-state index in [9.17, 15) is 0 Å². The molecule has 0 radical (unpaired) electrons. The summed E-state index contributed by atoms with van der Waals surface area (Å²) in [5.41, 5.74) is 5.38. The lowest BCUT2D eigenvalue weighted by Gasteiger charge is -2.58. The van der Waals surface area contributed by atoms with Gasteiger partial charge in [-0.25, -0.2) is 0 Å². The molecule has 2 bridgehead atoms. The summed E-state index contributed by atoms with van der Waals surface area (Å²) in [5, 5.41) is 0. The minimum absolute atomic E-state index is 0. The molecule has 0 amide bonds. The van der Waals surface area contributed by atoms with Gasteiger partial charge < -0.3 is 4.90 Å². The monoisotopic (exact) mass is 335 g/mol. The zero-order valence-corrected chi connectivity index (χ0v) is 14.4. The minimum atomic E-state index is 0. The fourth-order valence-electron chi connectivity index (χ4n) is 5.31. The normalized spacial score (nSPS) is 35.7. The Balaban J connectivity index is 0.00000121. The number of piperidine rings is 1. The molecule has 0 spiro atoms. The van der Waals surface area contributed by atoms with E-state index in [0.717, 1.165) is 12.0 Å². The maximum absolute atomic E-state index is 2.65. The second kappa shape index (κ2) is 5.14. The van der Waals surface area contributed by atoms with E-state index in [1.807, 2.05) is 0 Å². The number of likely N-dealkylation sites (tertiary alicyclic amines) is 1. The van der Waals surface area contributed by atoms with E-state index in [1.54, 1.807) is 11.1 Å². The van der Waals surface area contributed by atoms with Gasteiger partial charge in [0.25, 0.3) is 0 Å². The molecule has 1 aromatic rings. The summed E-state index contributed by atoms with van der Waals surface area (Å²) in [6.45, 7) is 3.56. The second-order valence-electron chi connectivity index (χ2n) is 7.17. The van der Waals surface area contributed by atoms with Crippen LogP contribution in [0.4, 0.5) is 0 Å². The van der Waals surface area contributed by atoms with E-state index in [0.29, 0.717) is 5.41 Å². The standard InChI is InChI=1S/C18H25N.BrH/c1-13-6-7-14-12-17-15-5-3-4-8-18(15,16(14)11-13)9-10-19(17)2;/h6-7,11,15,17H,3-5,8-10,12H2,1-2H3;1H/t15-,17-,18-;/m1./s1. The van der Waals surface area contributed by atoms with Crippen molar-refractivity contribution in [2.45, 2.75) is 56.9 Å². The summed E-state index contributed by atoms with van der Waals surface area (Å²) in [7, 11) is 2.35. The highest BCUT2D eigenvalue weighted by Gasteiger charge is 2.52. The van der Waals surface area contributed by atoms with Gasteiger partial charge in [-0.1, -0.05) is 36.6 Å². The van der Waals surface area contributed by atoms with Crippen LogP contribution in [-0.2, 0) is 11.8 Å². The van der Waals surface area contributed by atoms with E-state index in [-0.39, 0.29) is 17.0 Å². The van der Waals surface area contributed by atoms with Gasteiger partial charge in [-0.2, -0.15) is 0 Å². The Kier molecular flexibility index (Phi) is 3.75. The molecular weight excluding hydrogens is 310 g/mol. The molecule has 4 rings (SSSR count). The zero-order valence-electron chi connectivity index (χ0n) is 12.7. The first kappa shape index (κ1) is 14.6. The first-order valence-corrected chi connectivity index (χ1v) is 8.01. The number of halogens is 1. The van der Waals surface area contributed by atoms with Gasteiger partial charge in [-0.3, -0.25) is 0 Å². The number of hydrogen-bond acceptors (Lipinski definition) is 1. The molecule has 3 aliphatic rings. The first-order valence-electron chi connectivity index (χ1n) is 8.01. The van der Waals surface area contributed by atoms with Crippen LogP contribution in [-0.4, -0.2) is 24.5 Å². The Morgan fingerprint density at radius 1 is 1.20 bits per heavy atom. The summed E-state index contributed by atoms with van der Waals surface area (Å²) < 4.78 is 0. The topological polar surface area (TPSA) is 3.24 Å². The largest absolute Gasteiger partial charge is 0.303 e. The summed E-state index contributed by atoms with van der Waals surface area (Å²) >= 11 is 0. The van der Waals surface area contributed by atoms with E-state index < -0.39 is 0 Å². The van der Waals surface area contributed by atoms with Crippen molar-refractivity contribution < 1.29 is 0 Å². The Morgan fingerprint density at radius 2 is 2.05 bits per heavy atom. The Morgan fingerprint density at radius 3 is 2.90 bits per heavy atom. The summed E-state index contributed by atoms with van der Waals surface area (Å²) in [6.07, 6.45) is 8.48. The molecule has 1 saturated heterocycles. The molecule has 110 valence electrons. The highest BCUT2D eigenvalue weighted by atomic mass is 79.9. The van der Waals surface area contributed by atoms with Crippen molar-refractivity contribution in [3.05, 3.63) is 34.9 Å². The van der Waals surface area contributed by atoms with Crippen molar-refractivity contribution >= 4 is 17.0 Å². The SMILES string of the molecule is Br.Cc1ccc2c(c1)[C@@]13CCCC[C@@H]1[C@@H](C2)N(C)CC3. The van der Waals surface area contributed by atoms with Crippen molar-refractivity contribution in [1.29, 1.82) is 0 Å². The zero-order chi connectivity index (χ0) is 13.0. The lowest BCUT2D eigenvalue weighted by atomic mass is 9.52. The number of hydrogen-bond donors (Lipinski definition) is 0. The number of benzene rings is 1. The smallest absolute Gasteiger partial charge is 0.0169 e. The third-order valence-electron chi connectivity index (χ3n) is 6.27. The van der Waals surface area contributed by atoms with Gasteiger partial charge in [0.05, 0.1) is 0 Å². The second-order valence-corrected chi connectivity index (χ2v) is 7.17. The van der Waals surface area contributed by atoms with Gasteiger partial charge in [0.2, 0.25) is 0 Å². The van der Waals surface area contributed by atoms with Gasteiger partial charge in [-0.15, -0.1) is 17.0 Å². The van der Waals surface area contributed by atoms with Crippen LogP contribution >= 0.6 is 17.0 Å². The molecule has 2 heteroatoms. The third-order valence-corrected chi connectivity index (χ3v) is 6.27. The van der Waals surface area contributed by atoms with Gasteiger partial charge in [0.15, 0.2) is 0 Å². The van der Waals surface area contributed by atoms with Crippen LogP contribution in [0.25, 0.3) is 0 Å². The Hall–Kier alpha value is -0.340. The molecule has 0 N–H and O–H groups in total. The fraction of sp³-hybridized carbons (Fsp3) is 0.667. The molecule has 1 saturated carbocycles. The molecule has 1 aliphatic heterocycles. The van der Waals surface area contributed by atoms with Crippen LogP contribution in [0.2, 0.25) is 0 Å². The number of fused-ring (bicyclic) bond motifs is 1. The van der Waals surface area contributed by atoms with Crippen molar-refractivity contribution in [3.63, 3.8) is 0 Å². The molecular formula is C18H26BrN. The predicted octanol–water partition coefficient (Wildman–Crippen LogP) is 4.26. The summed E-state index contributed by atoms with van der Waals surface area (Å²) in [4.78, 5) is 2.65. The highest BCUT2D eigenvalue weighted by molar-refractivity contribution is 8.93. The van der Waals surface area contributed by atoms with E-state index in [2.05, 4.69) is 37.1 Å². The Labute approximate surface area is 133 Å². The lowest BCUT2D eigenvalue weighted by Crippen LogP contribution is -2.59. The van der Waals surface area contributed by atoms with E-state index in [4.69, 9.17) is 0 Å². The quantitative estimate of drug-likeness (QED) is 0.684. The number of likely N-dealkylation sites (N-methyl/N-ethyl adjacent to an activating group) is 1. The number of nitrogens with zero attached hydrogens (tertiary/aromatic N) is 1. The van der Waals surface area contributed by atoms with Gasteiger partial charge >= 0.3 is 0 Å². The molecule has 3 atom stereocenters. The van der Waals surface area contributed by atoms with Crippen LogP contribution in [0.1, 0.15) is 48.8 Å². The molecule has 0 unspecified atom stereocenters. The highest BCUT2D eigenvalue weighted by Crippen LogP contribution is 2.55. The maximum atomic E-state index is 2.65. The summed E-state index contributed by atoms with van der Waals surface area (Å²) in [6, 6.07) is 8.07. The van der Waals surface area contributed by atoms with Crippen molar-refractivity contribution in [3.8, 4) is 0 Å². The van der Waals surface area contributed by atoms with E-state index in [1.165, 1.54) is 50.6 Å². The van der Waals surface area contributed by atoms with Gasteiger partial charge in [0.1, 0.15) is 0 Å². The number of aryl methyl sites for hydroxylation is 1. The molecule has 20 heavy (non-hydrogen) atoms. The number of rotatable bonds is 0. The van der Waals surface area contributed by atoms with Crippen LogP contribution < -0.4 is 0 Å². The summed E-state index contributed by atoms with van der Waals surface area (Å²) in [5.74, 6) is 0.925. The van der Waals surface area contributed by atoms with E-state index >= 15 is 0 Å². The van der Waals surface area contributed by atoms with Crippen molar-refractivity contribution in [1.82, 2.24) is 4.90 Å². The third kappa shape index (κ3) is 1.91. The first-order chi connectivity index (χ1) is 9.21.